The number of anilines is 1. The van der Waals surface area contributed by atoms with Gasteiger partial charge in [-0.2, -0.15) is 0 Å². The summed E-state index contributed by atoms with van der Waals surface area (Å²) in [5, 5.41) is 14.2. The van der Waals surface area contributed by atoms with Crippen molar-refractivity contribution in [3.05, 3.63) is 95.2 Å². The van der Waals surface area contributed by atoms with Crippen LogP contribution in [-0.2, 0) is 33.7 Å². The Hall–Kier alpha value is -3.99. The fourth-order valence-corrected chi connectivity index (χ4v) is 9.02. The summed E-state index contributed by atoms with van der Waals surface area (Å²) in [6, 6.07) is 20.9. The first-order chi connectivity index (χ1) is 22.1. The van der Waals surface area contributed by atoms with Gasteiger partial charge in [-0.15, -0.1) is 0 Å². The standard InChI is InChI=1S/C36H42FN3O5Si/c1-22-35(44-2)29-17-26(39-33(42)16-25-19-38-30-12-8-7-11-28(25)30)13-14-31(29)45-36(22)32(46(3,4)37)18-34(43)40-20-24-10-6-5-9-23(24)15-27(40)21-41/h5-14,17,19,22,27,32,35-36,38,41H,15-16,18,20-21H2,1-4H3,(H,39,42)/t22-,27+,32?,35-,36-/m1/s1. The number of methoxy groups -OCH3 is 1. The molecule has 8 nitrogen and oxygen atoms in total. The Morgan fingerprint density at radius 3 is 2.61 bits per heavy atom. The van der Waals surface area contributed by atoms with Crippen LogP contribution in [0.3, 0.4) is 0 Å². The Labute approximate surface area is 270 Å². The molecule has 3 aromatic carbocycles. The first-order valence-corrected chi connectivity index (χ1v) is 18.9. The molecule has 46 heavy (non-hydrogen) atoms. The van der Waals surface area contributed by atoms with Gasteiger partial charge in [0.1, 0.15) is 11.9 Å². The summed E-state index contributed by atoms with van der Waals surface area (Å²) in [6.07, 6.45) is 1.60. The van der Waals surface area contributed by atoms with Gasteiger partial charge in [0.15, 0.2) is 0 Å². The number of aromatic amines is 1. The van der Waals surface area contributed by atoms with Gasteiger partial charge in [-0.05, 0) is 60.5 Å². The maximum Gasteiger partial charge on any atom is 0.248 e. The molecule has 0 aliphatic carbocycles. The first kappa shape index (κ1) is 32.0. The number of rotatable bonds is 9. The predicted molar refractivity (Wildman–Crippen MR) is 179 cm³/mol. The molecule has 0 radical (unpaired) electrons. The number of aromatic nitrogens is 1. The second-order valence-corrected chi connectivity index (χ2v) is 17.0. The van der Waals surface area contributed by atoms with E-state index in [1.807, 2.05) is 67.7 Å². The first-order valence-electron chi connectivity index (χ1n) is 15.9. The van der Waals surface area contributed by atoms with Crippen molar-refractivity contribution in [2.45, 2.75) is 69.6 Å². The number of benzene rings is 3. The minimum atomic E-state index is -3.44. The van der Waals surface area contributed by atoms with E-state index in [1.54, 1.807) is 37.2 Å². The number of ether oxygens (including phenoxy) is 2. The Kier molecular flexibility index (Phi) is 9.05. The van der Waals surface area contributed by atoms with Crippen molar-refractivity contribution in [1.82, 2.24) is 9.88 Å². The number of hydrogen-bond donors (Lipinski definition) is 3. The van der Waals surface area contributed by atoms with Crippen LogP contribution in [0.25, 0.3) is 10.9 Å². The summed E-state index contributed by atoms with van der Waals surface area (Å²) in [5.41, 5.74) is 4.82. The van der Waals surface area contributed by atoms with Crippen LogP contribution < -0.4 is 10.1 Å². The number of halogens is 1. The second-order valence-electron chi connectivity index (χ2n) is 13.1. The molecule has 6 rings (SSSR count). The molecule has 3 heterocycles. The van der Waals surface area contributed by atoms with Gasteiger partial charge in [0.2, 0.25) is 20.2 Å². The number of hydrogen-bond acceptors (Lipinski definition) is 5. The lowest BCUT2D eigenvalue weighted by atomic mass is 9.86. The van der Waals surface area contributed by atoms with Gasteiger partial charge in [-0.1, -0.05) is 49.4 Å². The fourth-order valence-electron chi connectivity index (χ4n) is 7.21. The van der Waals surface area contributed by atoms with Gasteiger partial charge in [0, 0.05) is 59.9 Å². The molecule has 0 saturated carbocycles. The third-order valence-corrected chi connectivity index (χ3v) is 12.0. The van der Waals surface area contributed by atoms with E-state index in [0.29, 0.717) is 24.4 Å². The molecule has 0 fully saturated rings. The molecule has 1 unspecified atom stereocenters. The fraction of sp³-hybridized carbons (Fsp3) is 0.389. The number of para-hydroxylation sites is 1. The van der Waals surface area contributed by atoms with Crippen LogP contribution in [-0.4, -0.2) is 61.1 Å². The van der Waals surface area contributed by atoms with Crippen LogP contribution in [0.2, 0.25) is 18.6 Å². The zero-order chi connectivity index (χ0) is 32.6. The van der Waals surface area contributed by atoms with Crippen LogP contribution in [0.5, 0.6) is 5.75 Å². The molecule has 10 heteroatoms. The maximum atomic E-state index is 16.2. The molecular formula is C36H42FN3O5Si. The van der Waals surface area contributed by atoms with E-state index >= 15 is 4.11 Å². The van der Waals surface area contributed by atoms with Crippen LogP contribution >= 0.6 is 0 Å². The van der Waals surface area contributed by atoms with Crippen LogP contribution in [0.1, 0.15) is 41.7 Å². The van der Waals surface area contributed by atoms with Crippen LogP contribution in [0.4, 0.5) is 9.80 Å². The third-order valence-electron chi connectivity index (χ3n) is 9.70. The number of H-pyrrole nitrogens is 1. The largest absolute Gasteiger partial charge is 0.490 e. The van der Waals surface area contributed by atoms with E-state index in [4.69, 9.17) is 9.47 Å². The highest BCUT2D eigenvalue weighted by atomic mass is 28.4. The summed E-state index contributed by atoms with van der Waals surface area (Å²) in [5.74, 6) is -0.0432. The van der Waals surface area contributed by atoms with Gasteiger partial charge < -0.3 is 33.9 Å². The molecule has 0 saturated heterocycles. The average molecular weight is 644 g/mol. The SMILES string of the molecule is CO[C@H]1c2cc(NC(=O)Cc3c[nH]c4ccccc34)ccc2O[C@@H](C(CC(=O)N2Cc3ccccc3C[C@H]2CO)[Si](C)(C)F)[C@@H]1C. The van der Waals surface area contributed by atoms with Crippen molar-refractivity contribution >= 4 is 36.8 Å². The molecule has 4 aromatic rings. The zero-order valence-electron chi connectivity index (χ0n) is 26.8. The van der Waals surface area contributed by atoms with Gasteiger partial charge in [0.05, 0.1) is 25.2 Å². The van der Waals surface area contributed by atoms with Crippen molar-refractivity contribution in [3.8, 4) is 5.75 Å². The quantitative estimate of drug-likeness (QED) is 0.146. The Morgan fingerprint density at radius 2 is 1.87 bits per heavy atom. The van der Waals surface area contributed by atoms with Crippen molar-refractivity contribution in [1.29, 1.82) is 0 Å². The monoisotopic (exact) mass is 643 g/mol. The number of amides is 2. The number of carbonyl (C=O) groups is 2. The molecule has 0 spiro atoms. The van der Waals surface area contributed by atoms with Crippen LogP contribution in [0.15, 0.2) is 72.9 Å². The highest BCUT2D eigenvalue weighted by Gasteiger charge is 2.49. The number of carbonyl (C=O) groups excluding carboxylic acids is 2. The van der Waals surface area contributed by atoms with E-state index in [2.05, 4.69) is 10.3 Å². The number of nitrogens with zero attached hydrogens (tertiary/aromatic N) is 1. The predicted octanol–water partition coefficient (Wildman–Crippen LogP) is 6.31. The van der Waals surface area contributed by atoms with Gasteiger partial charge in [-0.3, -0.25) is 9.59 Å². The molecule has 0 bridgehead atoms. The summed E-state index contributed by atoms with van der Waals surface area (Å²) in [4.78, 5) is 31.8. The number of aliphatic hydroxyl groups excluding tert-OH is 1. The molecule has 3 N–H and O–H groups in total. The molecule has 2 amide bonds. The Bertz CT molecular complexity index is 1740. The zero-order valence-corrected chi connectivity index (χ0v) is 27.8. The number of fused-ring (bicyclic) bond motifs is 3. The van der Waals surface area contributed by atoms with Gasteiger partial charge in [0.25, 0.3) is 0 Å². The lowest BCUT2D eigenvalue weighted by molar-refractivity contribution is -0.136. The average Bonchev–Trinajstić information content (AvgIpc) is 3.44. The second kappa shape index (κ2) is 13.0. The molecule has 1 aromatic heterocycles. The molecular weight excluding hydrogens is 601 g/mol. The number of nitrogens with one attached hydrogen (secondary N) is 2. The maximum absolute atomic E-state index is 16.2. The van der Waals surface area contributed by atoms with E-state index in [-0.39, 0.29) is 43.2 Å². The van der Waals surface area contributed by atoms with Crippen molar-refractivity contribution in [2.24, 2.45) is 5.92 Å². The van der Waals surface area contributed by atoms with Crippen molar-refractivity contribution in [3.63, 3.8) is 0 Å². The highest BCUT2D eigenvalue weighted by Crippen LogP contribution is 2.48. The lowest BCUT2D eigenvalue weighted by Gasteiger charge is -2.44. The summed E-state index contributed by atoms with van der Waals surface area (Å²) < 4.78 is 28.7. The highest BCUT2D eigenvalue weighted by molar-refractivity contribution is 6.72. The Morgan fingerprint density at radius 1 is 1.13 bits per heavy atom. The van der Waals surface area contributed by atoms with E-state index in [9.17, 15) is 14.7 Å². The Balaban J connectivity index is 1.20. The molecule has 242 valence electrons. The smallest absolute Gasteiger partial charge is 0.248 e. The van der Waals surface area contributed by atoms with Gasteiger partial charge in [-0.25, -0.2) is 0 Å². The molecule has 2 aliphatic rings. The minimum absolute atomic E-state index is 0.0167. The number of aliphatic hydroxyl groups is 1. The van der Waals surface area contributed by atoms with Gasteiger partial charge >= 0.3 is 0 Å². The minimum Gasteiger partial charge on any atom is -0.490 e. The topological polar surface area (TPSA) is 104 Å². The summed E-state index contributed by atoms with van der Waals surface area (Å²) in [6.45, 7) is 5.45. The third kappa shape index (κ3) is 6.34. The molecule has 2 aliphatic heterocycles. The lowest BCUT2D eigenvalue weighted by Crippen LogP contribution is -2.50. The summed E-state index contributed by atoms with van der Waals surface area (Å²) >= 11 is 0. The molecule has 5 atom stereocenters. The van der Waals surface area contributed by atoms with E-state index < -0.39 is 26.2 Å². The van der Waals surface area contributed by atoms with Crippen molar-refractivity contribution in [2.75, 3.05) is 19.0 Å². The van der Waals surface area contributed by atoms with Crippen molar-refractivity contribution < 1.29 is 28.3 Å². The summed E-state index contributed by atoms with van der Waals surface area (Å²) in [7, 11) is -1.83. The van der Waals surface area contributed by atoms with E-state index in [0.717, 1.165) is 33.2 Å². The van der Waals surface area contributed by atoms with Crippen LogP contribution in [0, 0.1) is 5.92 Å². The van der Waals surface area contributed by atoms with E-state index in [1.165, 1.54) is 0 Å². The normalized spacial score (nSPS) is 21.7.